The van der Waals surface area contributed by atoms with Crippen molar-refractivity contribution in [2.24, 2.45) is 0 Å². The van der Waals surface area contributed by atoms with Crippen LogP contribution in [0.4, 0.5) is 0 Å². The number of hydrogen-bond donors (Lipinski definition) is 0. The molecule has 6 heteroatoms. The summed E-state index contributed by atoms with van der Waals surface area (Å²) in [6, 6.07) is 2.00. The topological polar surface area (TPSA) is 54.5 Å². The highest BCUT2D eigenvalue weighted by atomic mass is 35.5. The van der Waals surface area contributed by atoms with Crippen LogP contribution in [0.15, 0.2) is 18.7 Å². The maximum atomic E-state index is 8.79. The van der Waals surface area contributed by atoms with Crippen molar-refractivity contribution in [3.63, 3.8) is 0 Å². The number of aromatic nitrogens is 3. The van der Waals surface area contributed by atoms with Gasteiger partial charge in [-0.3, -0.25) is 4.57 Å². The molecular weight excluding hydrogens is 208 g/mol. The van der Waals surface area contributed by atoms with Crippen LogP contribution < -0.4 is 0 Å². The Labute approximate surface area is 83.2 Å². The molecule has 2 heterocycles. The average Bonchev–Trinajstić information content (AvgIpc) is 2.71. The SMILES string of the molecule is N#Cc1c(Cl)nsc1-n1ccnc1. The van der Waals surface area contributed by atoms with Crippen molar-refractivity contribution in [3.05, 3.63) is 29.4 Å². The molecule has 4 nitrogen and oxygen atoms in total. The molecule has 2 rings (SSSR count). The molecule has 0 bridgehead atoms. The normalized spacial score (nSPS) is 9.85. The Hall–Kier alpha value is -1.38. The third-order valence-electron chi connectivity index (χ3n) is 1.48. The van der Waals surface area contributed by atoms with E-state index in [1.165, 1.54) is 11.5 Å². The third-order valence-corrected chi connectivity index (χ3v) is 2.72. The summed E-state index contributed by atoms with van der Waals surface area (Å²) in [5, 5.41) is 9.73. The standard InChI is InChI=1S/C7H3ClN4S/c8-6-5(3-9)7(13-11-6)12-2-1-10-4-12/h1-2,4H. The Kier molecular flexibility index (Phi) is 2.00. The van der Waals surface area contributed by atoms with Crippen LogP contribution in [0.1, 0.15) is 5.56 Å². The molecule has 0 spiro atoms. The van der Waals surface area contributed by atoms with Crippen LogP contribution in [0.2, 0.25) is 5.15 Å². The number of hydrogen-bond acceptors (Lipinski definition) is 4. The Morgan fingerprint density at radius 1 is 1.62 bits per heavy atom. The molecule has 0 atom stereocenters. The zero-order chi connectivity index (χ0) is 9.26. The molecule has 0 amide bonds. The van der Waals surface area contributed by atoms with Gasteiger partial charge in [0.15, 0.2) is 5.15 Å². The molecule has 0 saturated carbocycles. The quantitative estimate of drug-likeness (QED) is 0.722. The first-order valence-corrected chi connectivity index (χ1v) is 4.51. The lowest BCUT2D eigenvalue weighted by Gasteiger charge is -1.94. The molecule has 0 N–H and O–H groups in total. The molecule has 13 heavy (non-hydrogen) atoms. The Bertz CT molecular complexity index is 453. The number of halogens is 1. The van der Waals surface area contributed by atoms with Gasteiger partial charge in [0.1, 0.15) is 16.6 Å². The van der Waals surface area contributed by atoms with Gasteiger partial charge in [0, 0.05) is 12.4 Å². The van der Waals surface area contributed by atoms with Crippen LogP contribution in [0, 0.1) is 11.3 Å². The molecule has 2 aromatic rings. The molecule has 0 aliphatic rings. The van der Waals surface area contributed by atoms with Gasteiger partial charge in [-0.15, -0.1) is 0 Å². The van der Waals surface area contributed by atoms with E-state index in [4.69, 9.17) is 16.9 Å². The van der Waals surface area contributed by atoms with Gasteiger partial charge < -0.3 is 0 Å². The predicted octanol–water partition coefficient (Wildman–Crippen LogP) is 1.85. The number of nitrogens with zero attached hydrogens (tertiary/aromatic N) is 4. The summed E-state index contributed by atoms with van der Waals surface area (Å²) in [6.07, 6.45) is 4.98. The van der Waals surface area contributed by atoms with Crippen molar-refractivity contribution in [2.75, 3.05) is 0 Å². The molecule has 0 aromatic carbocycles. The Morgan fingerprint density at radius 2 is 2.46 bits per heavy atom. The van der Waals surface area contributed by atoms with Gasteiger partial charge in [0.05, 0.1) is 6.33 Å². The van der Waals surface area contributed by atoms with Gasteiger partial charge >= 0.3 is 0 Å². The van der Waals surface area contributed by atoms with Gasteiger partial charge in [0.25, 0.3) is 0 Å². The summed E-state index contributed by atoms with van der Waals surface area (Å²) < 4.78 is 5.59. The maximum Gasteiger partial charge on any atom is 0.162 e. The minimum atomic E-state index is 0.246. The van der Waals surface area contributed by atoms with Crippen molar-refractivity contribution in [2.45, 2.75) is 0 Å². The highest BCUT2D eigenvalue weighted by Gasteiger charge is 2.12. The second-order valence-corrected chi connectivity index (χ2v) is 3.35. The van der Waals surface area contributed by atoms with Gasteiger partial charge in [-0.25, -0.2) is 4.98 Å². The average molecular weight is 211 g/mol. The van der Waals surface area contributed by atoms with Crippen molar-refractivity contribution in [1.29, 1.82) is 5.26 Å². The molecule has 64 valence electrons. The van der Waals surface area contributed by atoms with E-state index >= 15 is 0 Å². The minimum absolute atomic E-state index is 0.246. The van der Waals surface area contributed by atoms with Gasteiger partial charge in [-0.1, -0.05) is 11.6 Å². The molecule has 2 aromatic heterocycles. The molecule has 0 saturated heterocycles. The largest absolute Gasteiger partial charge is 0.295 e. The van der Waals surface area contributed by atoms with E-state index in [0.717, 1.165) is 0 Å². The zero-order valence-electron chi connectivity index (χ0n) is 6.31. The second-order valence-electron chi connectivity index (χ2n) is 2.24. The first-order valence-electron chi connectivity index (χ1n) is 3.36. The fourth-order valence-electron chi connectivity index (χ4n) is 0.912. The van der Waals surface area contributed by atoms with Crippen LogP contribution in [-0.2, 0) is 0 Å². The smallest absolute Gasteiger partial charge is 0.162 e. The Morgan fingerprint density at radius 3 is 3.08 bits per heavy atom. The van der Waals surface area contributed by atoms with Crippen LogP contribution in [-0.4, -0.2) is 13.9 Å². The van der Waals surface area contributed by atoms with Crippen LogP contribution >= 0.6 is 23.1 Å². The summed E-state index contributed by atoms with van der Waals surface area (Å²) >= 11 is 6.88. The van der Waals surface area contributed by atoms with E-state index < -0.39 is 0 Å². The third kappa shape index (κ3) is 1.30. The van der Waals surface area contributed by atoms with E-state index in [2.05, 4.69) is 9.36 Å². The van der Waals surface area contributed by atoms with E-state index in [-0.39, 0.29) is 5.15 Å². The fraction of sp³-hybridized carbons (Fsp3) is 0. The van der Waals surface area contributed by atoms with Crippen LogP contribution in [0.5, 0.6) is 0 Å². The summed E-state index contributed by atoms with van der Waals surface area (Å²) in [5.74, 6) is 0. The summed E-state index contributed by atoms with van der Waals surface area (Å²) in [4.78, 5) is 3.87. The van der Waals surface area contributed by atoms with Gasteiger partial charge in [-0.05, 0) is 11.5 Å². The molecular formula is C7H3ClN4S. The van der Waals surface area contributed by atoms with Gasteiger partial charge in [-0.2, -0.15) is 9.64 Å². The Balaban J connectivity index is 2.60. The lowest BCUT2D eigenvalue weighted by Crippen LogP contribution is -1.88. The molecule has 0 unspecified atom stereocenters. The molecule has 0 radical (unpaired) electrons. The maximum absolute atomic E-state index is 8.79. The van der Waals surface area contributed by atoms with Crippen LogP contribution in [0.3, 0.4) is 0 Å². The van der Waals surface area contributed by atoms with E-state index in [1.54, 1.807) is 23.3 Å². The first kappa shape index (κ1) is 8.23. The first-order chi connectivity index (χ1) is 6.33. The fourth-order valence-corrected chi connectivity index (χ4v) is 1.90. The zero-order valence-corrected chi connectivity index (χ0v) is 7.88. The van der Waals surface area contributed by atoms with Crippen molar-refractivity contribution < 1.29 is 0 Å². The molecule has 0 aliphatic carbocycles. The van der Waals surface area contributed by atoms with E-state index in [9.17, 15) is 0 Å². The number of rotatable bonds is 1. The summed E-state index contributed by atoms with van der Waals surface area (Å²) in [6.45, 7) is 0. The lowest BCUT2D eigenvalue weighted by molar-refractivity contribution is 1.08. The lowest BCUT2D eigenvalue weighted by atomic mass is 10.4. The van der Waals surface area contributed by atoms with Crippen molar-refractivity contribution in [3.8, 4) is 11.1 Å². The second kappa shape index (κ2) is 3.17. The number of nitriles is 1. The monoisotopic (exact) mass is 210 g/mol. The molecule has 0 fully saturated rings. The molecule has 0 aliphatic heterocycles. The minimum Gasteiger partial charge on any atom is -0.295 e. The highest BCUT2D eigenvalue weighted by Crippen LogP contribution is 2.25. The van der Waals surface area contributed by atoms with Crippen LogP contribution in [0.25, 0.3) is 5.00 Å². The predicted molar refractivity (Wildman–Crippen MR) is 49.0 cm³/mol. The highest BCUT2D eigenvalue weighted by molar-refractivity contribution is 7.09. The summed E-state index contributed by atoms with van der Waals surface area (Å²) in [7, 11) is 0. The van der Waals surface area contributed by atoms with Gasteiger partial charge in [0.2, 0.25) is 0 Å². The van der Waals surface area contributed by atoms with E-state index in [0.29, 0.717) is 10.6 Å². The van der Waals surface area contributed by atoms with Crippen molar-refractivity contribution >= 4 is 23.1 Å². The number of imidazole rings is 1. The van der Waals surface area contributed by atoms with E-state index in [1.807, 2.05) is 6.07 Å². The summed E-state index contributed by atoms with van der Waals surface area (Å²) in [5.41, 5.74) is 0.393. The van der Waals surface area contributed by atoms with Crippen molar-refractivity contribution in [1.82, 2.24) is 13.9 Å².